The van der Waals surface area contributed by atoms with Gasteiger partial charge in [0.25, 0.3) is 10.2 Å². The Kier molecular flexibility index (Phi) is 4.46. The maximum atomic E-state index is 12.2. The van der Waals surface area contributed by atoms with Crippen LogP contribution in [0.15, 0.2) is 36.7 Å². The molecule has 0 aliphatic rings. The van der Waals surface area contributed by atoms with Gasteiger partial charge in [-0.05, 0) is 12.5 Å². The second-order valence-corrected chi connectivity index (χ2v) is 7.06. The Morgan fingerprint density at radius 1 is 1.33 bits per heavy atom. The summed E-state index contributed by atoms with van der Waals surface area (Å²) in [6.07, 6.45) is 3.45. The molecule has 1 atom stereocenters. The van der Waals surface area contributed by atoms with Crippen LogP contribution >= 0.6 is 0 Å². The number of aryl methyl sites for hydroxylation is 2. The van der Waals surface area contributed by atoms with Crippen LogP contribution in [0, 0.1) is 6.92 Å². The van der Waals surface area contributed by atoms with Crippen molar-refractivity contribution in [3.63, 3.8) is 0 Å². The maximum absolute atomic E-state index is 12.2. The van der Waals surface area contributed by atoms with Gasteiger partial charge in [-0.25, -0.2) is 4.98 Å². The molecule has 1 unspecified atom stereocenters. The summed E-state index contributed by atoms with van der Waals surface area (Å²) in [5.41, 5.74) is 1.92. The molecule has 0 fully saturated rings. The normalized spacial score (nSPS) is 13.6. The molecule has 7 heteroatoms. The lowest BCUT2D eigenvalue weighted by Gasteiger charge is -2.21. The van der Waals surface area contributed by atoms with Crippen LogP contribution in [0.2, 0.25) is 0 Å². The Morgan fingerprint density at radius 3 is 2.57 bits per heavy atom. The van der Waals surface area contributed by atoms with Gasteiger partial charge in [-0.1, -0.05) is 29.8 Å². The van der Waals surface area contributed by atoms with Crippen molar-refractivity contribution in [1.29, 1.82) is 0 Å². The predicted octanol–water partition coefficient (Wildman–Crippen LogP) is 1.21. The molecule has 0 radical (unpaired) electrons. The minimum absolute atomic E-state index is 0.530. The lowest BCUT2D eigenvalue weighted by atomic mass is 10.0. The third-order valence-electron chi connectivity index (χ3n) is 3.24. The molecule has 21 heavy (non-hydrogen) atoms. The Bertz CT molecular complexity index is 722. The van der Waals surface area contributed by atoms with E-state index in [0.717, 1.165) is 15.4 Å². The van der Waals surface area contributed by atoms with Gasteiger partial charge in [-0.3, -0.25) is 0 Å². The first-order valence-corrected chi connectivity index (χ1v) is 7.99. The topological polar surface area (TPSA) is 67.2 Å². The van der Waals surface area contributed by atoms with Gasteiger partial charge < -0.3 is 4.57 Å². The Hall–Kier alpha value is -1.70. The van der Waals surface area contributed by atoms with Gasteiger partial charge in [-0.15, -0.1) is 0 Å². The van der Waals surface area contributed by atoms with Crippen molar-refractivity contribution in [2.24, 2.45) is 7.05 Å². The molecule has 6 nitrogen and oxygen atoms in total. The van der Waals surface area contributed by atoms with Crippen LogP contribution < -0.4 is 4.72 Å². The van der Waals surface area contributed by atoms with E-state index >= 15 is 0 Å². The third kappa shape index (κ3) is 3.49. The monoisotopic (exact) mass is 308 g/mol. The summed E-state index contributed by atoms with van der Waals surface area (Å²) in [6.45, 7) is 1.97. The predicted molar refractivity (Wildman–Crippen MR) is 82.0 cm³/mol. The van der Waals surface area contributed by atoms with Crippen LogP contribution in [0.3, 0.4) is 0 Å². The van der Waals surface area contributed by atoms with E-state index in [1.807, 2.05) is 42.8 Å². The smallest absolute Gasteiger partial charge is 0.279 e. The van der Waals surface area contributed by atoms with Crippen molar-refractivity contribution in [2.45, 2.75) is 13.0 Å². The van der Waals surface area contributed by atoms with Crippen LogP contribution in [-0.4, -0.2) is 36.4 Å². The number of nitrogens with zero attached hydrogens (tertiary/aromatic N) is 3. The number of hydrogen-bond donors (Lipinski definition) is 1. The Morgan fingerprint density at radius 2 is 2.05 bits per heavy atom. The number of hydrogen-bond acceptors (Lipinski definition) is 3. The van der Waals surface area contributed by atoms with Crippen molar-refractivity contribution < 1.29 is 8.42 Å². The average Bonchev–Trinajstić information content (AvgIpc) is 2.82. The highest BCUT2D eigenvalue weighted by molar-refractivity contribution is 7.87. The molecule has 0 saturated carbocycles. The lowest BCUT2D eigenvalue weighted by molar-refractivity contribution is 0.493. The summed E-state index contributed by atoms with van der Waals surface area (Å²) < 4.78 is 30.0. The second kappa shape index (κ2) is 5.97. The lowest BCUT2D eigenvalue weighted by Crippen LogP contribution is -2.39. The highest BCUT2D eigenvalue weighted by atomic mass is 32.2. The Labute approximate surface area is 125 Å². The molecule has 1 aromatic heterocycles. The first-order chi connectivity index (χ1) is 9.81. The minimum Gasteiger partial charge on any atom is -0.336 e. The van der Waals surface area contributed by atoms with E-state index in [2.05, 4.69) is 9.71 Å². The van der Waals surface area contributed by atoms with E-state index < -0.39 is 16.3 Å². The van der Waals surface area contributed by atoms with Crippen LogP contribution in [-0.2, 0) is 17.3 Å². The van der Waals surface area contributed by atoms with Crippen molar-refractivity contribution in [3.05, 3.63) is 53.6 Å². The van der Waals surface area contributed by atoms with Crippen LogP contribution in [0.5, 0.6) is 0 Å². The zero-order valence-electron chi connectivity index (χ0n) is 12.6. The first kappa shape index (κ1) is 15.7. The summed E-state index contributed by atoms with van der Waals surface area (Å²) in [6, 6.07) is 7.20. The number of benzene rings is 1. The third-order valence-corrected chi connectivity index (χ3v) is 4.73. The van der Waals surface area contributed by atoms with E-state index in [4.69, 9.17) is 0 Å². The van der Waals surface area contributed by atoms with Gasteiger partial charge >= 0.3 is 0 Å². The van der Waals surface area contributed by atoms with Crippen molar-refractivity contribution in [1.82, 2.24) is 18.6 Å². The molecule has 2 rings (SSSR count). The fourth-order valence-electron chi connectivity index (χ4n) is 2.03. The molecule has 0 saturated heterocycles. The largest absolute Gasteiger partial charge is 0.336 e. The molecular weight excluding hydrogens is 288 g/mol. The summed E-state index contributed by atoms with van der Waals surface area (Å²) in [4.78, 5) is 4.28. The first-order valence-electron chi connectivity index (χ1n) is 6.55. The molecular formula is C14H20N4O2S. The minimum atomic E-state index is -3.57. The molecule has 0 aliphatic heterocycles. The summed E-state index contributed by atoms with van der Waals surface area (Å²) in [5.74, 6) is 0.644. The van der Waals surface area contributed by atoms with E-state index in [1.165, 1.54) is 14.1 Å². The maximum Gasteiger partial charge on any atom is 0.279 e. The van der Waals surface area contributed by atoms with E-state index in [-0.39, 0.29) is 0 Å². The van der Waals surface area contributed by atoms with E-state index in [9.17, 15) is 8.42 Å². The van der Waals surface area contributed by atoms with E-state index in [1.54, 1.807) is 12.4 Å². The second-order valence-electron chi connectivity index (χ2n) is 5.15. The number of nitrogens with one attached hydrogen (secondary N) is 1. The molecule has 2 aromatic rings. The van der Waals surface area contributed by atoms with Gasteiger partial charge in [0.2, 0.25) is 0 Å². The summed E-state index contributed by atoms with van der Waals surface area (Å²) >= 11 is 0. The van der Waals surface area contributed by atoms with Crippen molar-refractivity contribution in [2.75, 3.05) is 14.1 Å². The number of rotatable bonds is 5. The van der Waals surface area contributed by atoms with Gasteiger partial charge in [0.05, 0.1) is 0 Å². The molecule has 1 heterocycles. The molecule has 0 spiro atoms. The zero-order chi connectivity index (χ0) is 15.6. The molecule has 0 bridgehead atoms. The fraction of sp³-hybridized carbons (Fsp3) is 0.357. The Balaban J connectivity index is 2.48. The van der Waals surface area contributed by atoms with Crippen LogP contribution in [0.25, 0.3) is 0 Å². The SMILES string of the molecule is Cc1cccc(C(NS(=O)(=O)N(C)C)c2nccn2C)c1. The number of imidazole rings is 1. The summed E-state index contributed by atoms with van der Waals surface area (Å²) in [7, 11) is 1.26. The zero-order valence-corrected chi connectivity index (χ0v) is 13.4. The number of aromatic nitrogens is 2. The average molecular weight is 308 g/mol. The van der Waals surface area contributed by atoms with Crippen molar-refractivity contribution >= 4 is 10.2 Å². The van der Waals surface area contributed by atoms with E-state index in [0.29, 0.717) is 5.82 Å². The van der Waals surface area contributed by atoms with Crippen LogP contribution in [0.4, 0.5) is 0 Å². The molecule has 1 aromatic carbocycles. The molecule has 0 amide bonds. The van der Waals surface area contributed by atoms with Gasteiger partial charge in [0.1, 0.15) is 11.9 Å². The highest BCUT2D eigenvalue weighted by Crippen LogP contribution is 2.22. The fourth-order valence-corrected chi connectivity index (χ4v) is 2.78. The summed E-state index contributed by atoms with van der Waals surface area (Å²) in [5, 5.41) is 0. The van der Waals surface area contributed by atoms with Gasteiger partial charge in [0.15, 0.2) is 0 Å². The quantitative estimate of drug-likeness (QED) is 0.903. The van der Waals surface area contributed by atoms with Crippen LogP contribution in [0.1, 0.15) is 23.0 Å². The van der Waals surface area contributed by atoms with Crippen molar-refractivity contribution in [3.8, 4) is 0 Å². The molecule has 1 N–H and O–H groups in total. The van der Waals surface area contributed by atoms with Gasteiger partial charge in [0, 0.05) is 33.5 Å². The highest BCUT2D eigenvalue weighted by Gasteiger charge is 2.25. The van der Waals surface area contributed by atoms with Gasteiger partial charge in [-0.2, -0.15) is 17.4 Å². The molecule has 0 aliphatic carbocycles. The standard InChI is InChI=1S/C14H20N4O2S/c1-11-6-5-7-12(10-11)13(14-15-8-9-18(14)4)16-21(19,20)17(2)3/h5-10,13,16H,1-4H3. The molecule has 114 valence electrons.